The number of nitrogens with zero attached hydrogens (tertiary/aromatic N) is 3. The third kappa shape index (κ3) is 5.17. The predicted octanol–water partition coefficient (Wildman–Crippen LogP) is 12.4. The number of benzene rings is 2. The first-order chi connectivity index (χ1) is 22.8. The molecular formula is C35H18Cl6N6. The highest BCUT2D eigenvalue weighted by molar-refractivity contribution is 6.41. The molecule has 8 rings (SSSR count). The van der Waals surface area contributed by atoms with Crippen molar-refractivity contribution in [3.8, 4) is 33.4 Å². The number of aromatic amines is 3. The molecule has 0 saturated carbocycles. The Morgan fingerprint density at radius 2 is 0.766 bits per heavy atom. The molecule has 6 nitrogen and oxygen atoms in total. The number of nitrogens with one attached hydrogen (secondary N) is 3. The quantitative estimate of drug-likeness (QED) is 0.158. The second-order valence-electron chi connectivity index (χ2n) is 10.7. The maximum absolute atomic E-state index is 6.81. The maximum atomic E-state index is 6.81. The minimum absolute atomic E-state index is 0.179. The molecule has 8 bridgehead atoms. The number of H-pyrrole nitrogens is 3. The van der Waals surface area contributed by atoms with E-state index in [1.165, 1.54) is 6.33 Å². The highest BCUT2D eigenvalue weighted by Gasteiger charge is 2.21. The third-order valence-electron chi connectivity index (χ3n) is 8.01. The zero-order valence-corrected chi connectivity index (χ0v) is 28.3. The highest BCUT2D eigenvalue weighted by atomic mass is 35.5. The molecular weight excluding hydrogens is 717 g/mol. The molecule has 0 unspecified atom stereocenters. The van der Waals surface area contributed by atoms with Gasteiger partial charge in [0.15, 0.2) is 0 Å². The number of hydrogen-bond donors (Lipinski definition) is 3. The molecule has 0 spiro atoms. The van der Waals surface area contributed by atoms with Crippen LogP contribution in [0.15, 0.2) is 79.1 Å². The topological polar surface area (TPSA) is 86.0 Å². The van der Waals surface area contributed by atoms with Crippen LogP contribution in [0.2, 0.25) is 30.4 Å². The second kappa shape index (κ2) is 11.9. The Morgan fingerprint density at radius 1 is 0.383 bits per heavy atom. The van der Waals surface area contributed by atoms with Crippen LogP contribution in [-0.4, -0.2) is 29.9 Å². The number of rotatable bonds is 3. The summed E-state index contributed by atoms with van der Waals surface area (Å²) in [4.78, 5) is 24.2. The molecule has 0 aliphatic carbocycles. The molecule has 0 radical (unpaired) electrons. The molecule has 2 aromatic carbocycles. The average Bonchev–Trinajstić information content (AvgIpc) is 3.86. The van der Waals surface area contributed by atoms with Gasteiger partial charge in [-0.15, -0.1) is 0 Å². The van der Waals surface area contributed by atoms with Crippen LogP contribution >= 0.6 is 69.6 Å². The maximum Gasteiger partial charge on any atom is 0.141 e. The Hall–Kier alpha value is -4.01. The van der Waals surface area contributed by atoms with E-state index in [9.17, 15) is 0 Å². The van der Waals surface area contributed by atoms with Gasteiger partial charge in [0.25, 0.3) is 0 Å². The molecule has 7 aromatic rings. The zero-order valence-electron chi connectivity index (χ0n) is 23.8. The monoisotopic (exact) mass is 732 g/mol. The smallest absolute Gasteiger partial charge is 0.141 e. The van der Waals surface area contributed by atoms with E-state index >= 15 is 0 Å². The number of hydrogen-bond acceptors (Lipinski definition) is 3. The van der Waals surface area contributed by atoms with Gasteiger partial charge in [-0.1, -0.05) is 81.7 Å². The zero-order chi connectivity index (χ0) is 32.4. The largest absolute Gasteiger partial charge is 0.354 e. The van der Waals surface area contributed by atoms with Crippen molar-refractivity contribution in [1.29, 1.82) is 0 Å². The fourth-order valence-corrected chi connectivity index (χ4v) is 7.65. The van der Waals surface area contributed by atoms with E-state index in [1.807, 2.05) is 54.6 Å². The average molecular weight is 735 g/mol. The molecule has 0 atom stereocenters. The first-order valence-electron chi connectivity index (χ1n) is 14.2. The minimum Gasteiger partial charge on any atom is -0.354 e. The minimum atomic E-state index is 0.179. The van der Waals surface area contributed by atoms with Crippen LogP contribution in [0, 0.1) is 0 Å². The number of aromatic nitrogens is 6. The Bertz CT molecular complexity index is 2500. The lowest BCUT2D eigenvalue weighted by Crippen LogP contribution is -1.90. The van der Waals surface area contributed by atoms with E-state index in [1.54, 1.807) is 30.3 Å². The van der Waals surface area contributed by atoms with Crippen LogP contribution in [0.25, 0.3) is 78.6 Å². The van der Waals surface area contributed by atoms with Crippen molar-refractivity contribution in [1.82, 2.24) is 29.9 Å². The van der Waals surface area contributed by atoms with Crippen molar-refractivity contribution in [2.45, 2.75) is 0 Å². The van der Waals surface area contributed by atoms with E-state index in [-0.39, 0.29) is 10.3 Å². The van der Waals surface area contributed by atoms with Crippen LogP contribution in [0.5, 0.6) is 0 Å². The lowest BCUT2D eigenvalue weighted by Gasteiger charge is -2.09. The summed E-state index contributed by atoms with van der Waals surface area (Å²) in [6.07, 6.45) is 5.20. The van der Waals surface area contributed by atoms with Crippen molar-refractivity contribution in [3.63, 3.8) is 0 Å². The lowest BCUT2D eigenvalue weighted by atomic mass is 10.0. The number of fused-ring (bicyclic) bond motifs is 9. The molecule has 47 heavy (non-hydrogen) atoms. The summed E-state index contributed by atoms with van der Waals surface area (Å²) in [6, 6.07) is 22.5. The van der Waals surface area contributed by atoms with Gasteiger partial charge in [0.2, 0.25) is 0 Å². The van der Waals surface area contributed by atoms with E-state index in [0.29, 0.717) is 70.2 Å². The third-order valence-corrected chi connectivity index (χ3v) is 9.84. The summed E-state index contributed by atoms with van der Waals surface area (Å²) in [7, 11) is 0. The van der Waals surface area contributed by atoms with Crippen LogP contribution in [0.3, 0.4) is 0 Å². The van der Waals surface area contributed by atoms with Gasteiger partial charge >= 0.3 is 0 Å². The summed E-state index contributed by atoms with van der Waals surface area (Å²) in [6.45, 7) is 0. The Balaban J connectivity index is 1.62. The summed E-state index contributed by atoms with van der Waals surface area (Å²) in [5, 5.41) is 2.29. The molecule has 6 heterocycles. The Labute approximate surface area is 297 Å². The molecule has 0 saturated heterocycles. The second-order valence-corrected chi connectivity index (χ2v) is 13.1. The molecule has 3 N–H and O–H groups in total. The van der Waals surface area contributed by atoms with E-state index in [2.05, 4.69) is 24.9 Å². The van der Waals surface area contributed by atoms with Crippen molar-refractivity contribution in [2.75, 3.05) is 0 Å². The van der Waals surface area contributed by atoms with E-state index in [0.717, 1.165) is 27.8 Å². The van der Waals surface area contributed by atoms with Gasteiger partial charge in [-0.3, -0.25) is 0 Å². The molecule has 0 fully saturated rings. The van der Waals surface area contributed by atoms with Crippen LogP contribution < -0.4 is 0 Å². The summed E-state index contributed by atoms with van der Waals surface area (Å²) >= 11 is 40.7. The van der Waals surface area contributed by atoms with Gasteiger partial charge in [0.1, 0.15) is 16.6 Å². The van der Waals surface area contributed by atoms with Crippen LogP contribution in [0.1, 0.15) is 11.4 Å². The van der Waals surface area contributed by atoms with Gasteiger partial charge in [0, 0.05) is 55.4 Å². The van der Waals surface area contributed by atoms with Gasteiger partial charge in [0.05, 0.1) is 42.6 Å². The van der Waals surface area contributed by atoms with Gasteiger partial charge in [-0.05, 0) is 72.8 Å². The fraction of sp³-hybridized carbons (Fsp3) is 0. The fourth-order valence-electron chi connectivity index (χ4n) is 5.97. The molecule has 1 aliphatic heterocycles. The summed E-state index contributed by atoms with van der Waals surface area (Å²) in [5.74, 6) is 0. The lowest BCUT2D eigenvalue weighted by molar-refractivity contribution is 1.17. The van der Waals surface area contributed by atoms with Gasteiger partial charge < -0.3 is 15.0 Å². The van der Waals surface area contributed by atoms with Crippen molar-refractivity contribution >= 4 is 115 Å². The SMILES string of the molecule is Clc1cccc(Cl)c1-c1c2nc(c3ccc([nH]3)c(-c3c(Cl)cccc3Cl)c3ccc([nH]3)c(-c3c(Cl)ncnc3Cl)c3ccc1[nH]3)C=C2. The molecule has 5 aromatic heterocycles. The molecule has 12 heteroatoms. The van der Waals surface area contributed by atoms with E-state index in [4.69, 9.17) is 74.6 Å². The summed E-state index contributed by atoms with van der Waals surface area (Å²) < 4.78 is 0. The van der Waals surface area contributed by atoms with Gasteiger partial charge in [-0.25, -0.2) is 15.0 Å². The molecule has 230 valence electrons. The first-order valence-corrected chi connectivity index (χ1v) is 16.4. The van der Waals surface area contributed by atoms with E-state index < -0.39 is 0 Å². The van der Waals surface area contributed by atoms with Crippen molar-refractivity contribution in [2.24, 2.45) is 0 Å². The van der Waals surface area contributed by atoms with Crippen molar-refractivity contribution < 1.29 is 0 Å². The standard InChI is InChI=1S/C35H18Cl6N6/c36-16-3-1-4-17(37)28(16)30-22-9-7-20(44-22)21-8-10-23(45-21)31(29-18(38)5-2-6-19(29)39)25-12-14-27(47-25)32(26-13-11-24(30)46-26)33-34(40)42-15-43-35(33)41/h1-15,44,46-47H. The first kappa shape index (κ1) is 30.3. The highest BCUT2D eigenvalue weighted by Crippen LogP contribution is 2.43. The number of halogens is 6. The Morgan fingerprint density at radius 3 is 1.28 bits per heavy atom. The normalized spacial score (nSPS) is 12.0. The van der Waals surface area contributed by atoms with Crippen LogP contribution in [0.4, 0.5) is 0 Å². The predicted molar refractivity (Wildman–Crippen MR) is 197 cm³/mol. The van der Waals surface area contributed by atoms with Crippen LogP contribution in [-0.2, 0) is 0 Å². The Kier molecular flexibility index (Phi) is 7.68. The van der Waals surface area contributed by atoms with Gasteiger partial charge in [-0.2, -0.15) is 0 Å². The van der Waals surface area contributed by atoms with Crippen molar-refractivity contribution in [3.05, 3.63) is 121 Å². The molecule has 0 amide bonds. The summed E-state index contributed by atoms with van der Waals surface area (Å²) in [5.41, 5.74) is 9.57. The molecule has 1 aliphatic rings.